The van der Waals surface area contributed by atoms with Gasteiger partial charge in [0, 0.05) is 37.6 Å². The zero-order valence-electron chi connectivity index (χ0n) is 17.3. The van der Waals surface area contributed by atoms with E-state index in [0.717, 1.165) is 37.4 Å². The number of hydrogen-bond acceptors (Lipinski definition) is 5. The minimum atomic E-state index is 0.406. The first kappa shape index (κ1) is 19.9. The Balaban J connectivity index is 1.77. The van der Waals surface area contributed by atoms with Crippen LogP contribution in [0.1, 0.15) is 22.4 Å². The van der Waals surface area contributed by atoms with E-state index < -0.39 is 0 Å². The Bertz CT molecular complexity index is 853. The van der Waals surface area contributed by atoms with Crippen LogP contribution in [0, 0.1) is 27.7 Å². The first-order chi connectivity index (χ1) is 13.4. The van der Waals surface area contributed by atoms with E-state index in [-0.39, 0.29) is 0 Å². The molecule has 0 spiro atoms. The van der Waals surface area contributed by atoms with Crippen molar-refractivity contribution in [3.05, 3.63) is 46.6 Å². The van der Waals surface area contributed by atoms with Crippen molar-refractivity contribution in [1.82, 2.24) is 15.4 Å². The van der Waals surface area contributed by atoms with Gasteiger partial charge in [0.05, 0.1) is 7.11 Å². The van der Waals surface area contributed by atoms with Crippen molar-refractivity contribution in [2.24, 2.45) is 4.99 Å². The number of aryl methyl sites for hydroxylation is 4. The van der Waals surface area contributed by atoms with Crippen molar-refractivity contribution >= 4 is 17.3 Å². The van der Waals surface area contributed by atoms with Gasteiger partial charge in [0.25, 0.3) is 0 Å². The van der Waals surface area contributed by atoms with Gasteiger partial charge >= 0.3 is 0 Å². The third-order valence-electron chi connectivity index (χ3n) is 5.08. The third-order valence-corrected chi connectivity index (χ3v) is 5.08. The molecule has 0 amide bonds. The number of piperazine rings is 1. The number of aliphatic imine (C=N–C) groups is 1. The second kappa shape index (κ2) is 8.48. The largest absolute Gasteiger partial charge is 0.479 e. The van der Waals surface area contributed by atoms with E-state index in [1.165, 1.54) is 16.8 Å². The van der Waals surface area contributed by atoms with Crippen LogP contribution in [-0.2, 0) is 0 Å². The topological polar surface area (TPSA) is 73.2 Å². The van der Waals surface area contributed by atoms with Crippen LogP contribution in [-0.4, -0.2) is 54.3 Å². The Labute approximate surface area is 166 Å². The van der Waals surface area contributed by atoms with E-state index in [0.29, 0.717) is 17.5 Å². The lowest BCUT2D eigenvalue weighted by Gasteiger charge is -2.37. The maximum Gasteiger partial charge on any atom is 0.240 e. The number of aromatic nitrogens is 1. The first-order valence-corrected chi connectivity index (χ1v) is 9.50. The van der Waals surface area contributed by atoms with Gasteiger partial charge in [-0.05, 0) is 62.6 Å². The second-order valence-electron chi connectivity index (χ2n) is 7.29. The fourth-order valence-electron chi connectivity index (χ4n) is 3.49. The highest BCUT2D eigenvalue weighted by Crippen LogP contribution is 2.28. The van der Waals surface area contributed by atoms with Crippen molar-refractivity contribution in [1.29, 1.82) is 0 Å². The van der Waals surface area contributed by atoms with Gasteiger partial charge in [0.15, 0.2) is 0 Å². The number of nitrogens with zero attached hydrogens (tertiary/aromatic N) is 4. The maximum absolute atomic E-state index is 9.69. The molecule has 0 unspecified atom stereocenters. The van der Waals surface area contributed by atoms with E-state index >= 15 is 0 Å². The van der Waals surface area contributed by atoms with Crippen molar-refractivity contribution in [2.75, 3.05) is 38.2 Å². The molecule has 1 fully saturated rings. The summed E-state index contributed by atoms with van der Waals surface area (Å²) in [6.07, 6.45) is 0. The lowest BCUT2D eigenvalue weighted by Crippen LogP contribution is -2.52. The number of methoxy groups -OCH3 is 1. The molecular formula is C21H29N5O2. The van der Waals surface area contributed by atoms with Gasteiger partial charge in [-0.15, -0.1) is 0 Å². The molecule has 28 heavy (non-hydrogen) atoms. The fraction of sp³-hybridized carbons (Fsp3) is 0.429. The lowest BCUT2D eigenvalue weighted by atomic mass is 10.1. The monoisotopic (exact) mass is 383 g/mol. The summed E-state index contributed by atoms with van der Waals surface area (Å²) in [5.41, 5.74) is 8.55. The molecule has 7 heteroatoms. The molecule has 150 valence electrons. The molecule has 7 nitrogen and oxygen atoms in total. The number of pyridine rings is 1. The molecule has 3 rings (SSSR count). The SMILES string of the molecule is COc1nc(C)c(C)cc1N=C(NO)N1CCN(c2cc(C)cc(C)c2)CC1. The highest BCUT2D eigenvalue weighted by Gasteiger charge is 2.21. The molecule has 0 radical (unpaired) electrons. The maximum atomic E-state index is 9.69. The molecule has 1 aliphatic rings. The van der Waals surface area contributed by atoms with E-state index in [1.54, 1.807) is 7.11 Å². The number of nitrogens with one attached hydrogen (secondary N) is 1. The summed E-state index contributed by atoms with van der Waals surface area (Å²) < 4.78 is 5.36. The first-order valence-electron chi connectivity index (χ1n) is 9.50. The van der Waals surface area contributed by atoms with Crippen LogP contribution in [0.2, 0.25) is 0 Å². The predicted molar refractivity (Wildman–Crippen MR) is 112 cm³/mol. The standard InChI is InChI=1S/C21H29N5O2/c1-14-10-15(2)12-18(11-14)25-6-8-26(9-7-25)21(24-27)23-19-13-16(3)17(4)22-20(19)28-5/h10-13,27H,6-9H2,1-5H3,(H,23,24). The number of hydrogen-bond donors (Lipinski definition) is 2. The van der Waals surface area contributed by atoms with Gasteiger partial charge in [0.2, 0.25) is 11.8 Å². The van der Waals surface area contributed by atoms with Crippen LogP contribution in [0.25, 0.3) is 0 Å². The van der Waals surface area contributed by atoms with E-state index in [9.17, 15) is 5.21 Å². The Hall–Kier alpha value is -2.80. The van der Waals surface area contributed by atoms with Crippen LogP contribution in [0.5, 0.6) is 5.88 Å². The molecule has 2 heterocycles. The van der Waals surface area contributed by atoms with Crippen LogP contribution >= 0.6 is 0 Å². The molecule has 0 atom stereocenters. The minimum Gasteiger partial charge on any atom is -0.479 e. The van der Waals surface area contributed by atoms with Gasteiger partial charge < -0.3 is 14.5 Å². The quantitative estimate of drug-likeness (QED) is 0.482. The van der Waals surface area contributed by atoms with E-state index in [1.807, 2.05) is 24.8 Å². The van der Waals surface area contributed by atoms with Gasteiger partial charge in [-0.25, -0.2) is 15.5 Å². The van der Waals surface area contributed by atoms with Crippen LogP contribution in [0.4, 0.5) is 11.4 Å². The zero-order valence-corrected chi connectivity index (χ0v) is 17.3. The highest BCUT2D eigenvalue weighted by molar-refractivity contribution is 5.83. The number of hydroxylamine groups is 1. The van der Waals surface area contributed by atoms with Crippen molar-refractivity contribution in [3.8, 4) is 5.88 Å². The average Bonchev–Trinajstić information content (AvgIpc) is 2.68. The molecule has 0 bridgehead atoms. The summed E-state index contributed by atoms with van der Waals surface area (Å²) >= 11 is 0. The van der Waals surface area contributed by atoms with E-state index in [2.05, 4.69) is 52.4 Å². The Kier molecular flexibility index (Phi) is 6.04. The summed E-state index contributed by atoms with van der Waals surface area (Å²) in [5.74, 6) is 0.855. The molecule has 1 aromatic carbocycles. The molecule has 1 aliphatic heterocycles. The number of anilines is 1. The lowest BCUT2D eigenvalue weighted by molar-refractivity contribution is 0.207. The summed E-state index contributed by atoms with van der Waals surface area (Å²) in [5, 5.41) is 9.69. The van der Waals surface area contributed by atoms with Crippen LogP contribution < -0.4 is 15.1 Å². The fourth-order valence-corrected chi connectivity index (χ4v) is 3.49. The number of guanidine groups is 1. The van der Waals surface area contributed by atoms with Crippen molar-refractivity contribution < 1.29 is 9.94 Å². The molecular weight excluding hydrogens is 354 g/mol. The second-order valence-corrected chi connectivity index (χ2v) is 7.29. The Morgan fingerprint density at radius 3 is 2.25 bits per heavy atom. The summed E-state index contributed by atoms with van der Waals surface area (Å²) in [6, 6.07) is 8.54. The van der Waals surface area contributed by atoms with Crippen LogP contribution in [0.3, 0.4) is 0 Å². The van der Waals surface area contributed by atoms with Crippen molar-refractivity contribution in [2.45, 2.75) is 27.7 Å². The Morgan fingerprint density at radius 1 is 1.04 bits per heavy atom. The average molecular weight is 383 g/mol. The molecule has 0 saturated carbocycles. The summed E-state index contributed by atoms with van der Waals surface area (Å²) in [7, 11) is 1.57. The van der Waals surface area contributed by atoms with Crippen molar-refractivity contribution in [3.63, 3.8) is 0 Å². The van der Waals surface area contributed by atoms with Gasteiger partial charge in [-0.2, -0.15) is 0 Å². The summed E-state index contributed by atoms with van der Waals surface area (Å²) in [4.78, 5) is 13.4. The highest BCUT2D eigenvalue weighted by atomic mass is 16.5. The number of rotatable bonds is 3. The van der Waals surface area contributed by atoms with Gasteiger partial charge in [-0.1, -0.05) is 6.07 Å². The molecule has 0 aliphatic carbocycles. The van der Waals surface area contributed by atoms with Gasteiger partial charge in [-0.3, -0.25) is 5.21 Å². The predicted octanol–water partition coefficient (Wildman–Crippen LogP) is 3.11. The molecule has 2 aromatic rings. The molecule has 1 saturated heterocycles. The smallest absolute Gasteiger partial charge is 0.240 e. The number of ether oxygens (including phenoxy) is 1. The zero-order chi connectivity index (χ0) is 20.3. The summed E-state index contributed by atoms with van der Waals surface area (Å²) in [6.45, 7) is 11.4. The molecule has 1 aromatic heterocycles. The van der Waals surface area contributed by atoms with Crippen LogP contribution in [0.15, 0.2) is 29.3 Å². The molecule has 2 N–H and O–H groups in total. The van der Waals surface area contributed by atoms with E-state index in [4.69, 9.17) is 4.74 Å². The number of benzene rings is 1. The Morgan fingerprint density at radius 2 is 1.68 bits per heavy atom. The minimum absolute atomic E-state index is 0.406. The normalized spacial score (nSPS) is 15.0. The third kappa shape index (κ3) is 4.36. The van der Waals surface area contributed by atoms with Gasteiger partial charge in [0.1, 0.15) is 5.69 Å².